The Labute approximate surface area is 163 Å². The van der Waals surface area contributed by atoms with E-state index in [1.165, 1.54) is 0 Å². The molecule has 5 heterocycles. The SMILES string of the molecule is Nc1ncccc1-c1nc2ccc(N3CCOCC3)nc2n1N1CCNCC1. The van der Waals surface area contributed by atoms with Crippen molar-refractivity contribution in [2.24, 2.45) is 0 Å². The second-order valence-corrected chi connectivity index (χ2v) is 7.00. The van der Waals surface area contributed by atoms with Crippen LogP contribution < -0.4 is 21.0 Å². The zero-order valence-corrected chi connectivity index (χ0v) is 15.7. The highest BCUT2D eigenvalue weighted by Crippen LogP contribution is 2.29. The highest BCUT2D eigenvalue weighted by molar-refractivity contribution is 5.82. The van der Waals surface area contributed by atoms with E-state index in [1.807, 2.05) is 24.3 Å². The van der Waals surface area contributed by atoms with Gasteiger partial charge in [0.2, 0.25) is 0 Å². The predicted molar refractivity (Wildman–Crippen MR) is 109 cm³/mol. The molecule has 0 aromatic carbocycles. The van der Waals surface area contributed by atoms with Gasteiger partial charge in [-0.1, -0.05) is 0 Å². The van der Waals surface area contributed by atoms with Crippen LogP contribution in [0.25, 0.3) is 22.6 Å². The largest absolute Gasteiger partial charge is 0.383 e. The third-order valence-electron chi connectivity index (χ3n) is 5.26. The van der Waals surface area contributed by atoms with Crippen LogP contribution in [-0.2, 0) is 4.74 Å². The molecule has 3 aromatic rings. The fourth-order valence-electron chi connectivity index (χ4n) is 3.81. The molecule has 9 nitrogen and oxygen atoms in total. The van der Waals surface area contributed by atoms with Crippen molar-refractivity contribution in [1.82, 2.24) is 24.9 Å². The quantitative estimate of drug-likeness (QED) is 0.676. The molecule has 9 heteroatoms. The molecule has 2 saturated heterocycles. The van der Waals surface area contributed by atoms with Crippen molar-refractivity contribution >= 4 is 22.8 Å². The lowest BCUT2D eigenvalue weighted by Gasteiger charge is -2.32. The van der Waals surface area contributed by atoms with Crippen molar-refractivity contribution in [3.05, 3.63) is 30.5 Å². The average molecular weight is 380 g/mol. The molecule has 0 atom stereocenters. The second-order valence-electron chi connectivity index (χ2n) is 7.00. The monoisotopic (exact) mass is 380 g/mol. The summed E-state index contributed by atoms with van der Waals surface area (Å²) in [6.45, 7) is 6.76. The van der Waals surface area contributed by atoms with E-state index in [9.17, 15) is 0 Å². The van der Waals surface area contributed by atoms with Crippen molar-refractivity contribution in [3.8, 4) is 11.4 Å². The summed E-state index contributed by atoms with van der Waals surface area (Å²) in [6, 6.07) is 7.94. The number of ether oxygens (including phenoxy) is 1. The van der Waals surface area contributed by atoms with Gasteiger partial charge in [-0.25, -0.2) is 19.6 Å². The molecule has 0 spiro atoms. The minimum absolute atomic E-state index is 0.475. The Morgan fingerprint density at radius 2 is 1.82 bits per heavy atom. The maximum absolute atomic E-state index is 6.18. The summed E-state index contributed by atoms with van der Waals surface area (Å²) in [4.78, 5) is 16.4. The van der Waals surface area contributed by atoms with Gasteiger partial charge in [-0.2, -0.15) is 0 Å². The fourth-order valence-corrected chi connectivity index (χ4v) is 3.81. The standard InChI is InChI=1S/C19H24N8O/c20-17-14(2-1-5-22-17)18-23-15-3-4-16(25-10-12-28-13-11-25)24-19(15)27(18)26-8-6-21-7-9-26/h1-5,21H,6-13H2,(H2,20,22). The van der Waals surface area contributed by atoms with Crippen LogP contribution in [0.5, 0.6) is 0 Å². The number of morpholine rings is 1. The third kappa shape index (κ3) is 3.02. The van der Waals surface area contributed by atoms with Gasteiger partial charge in [0.15, 0.2) is 11.5 Å². The van der Waals surface area contributed by atoms with Crippen molar-refractivity contribution in [1.29, 1.82) is 0 Å². The lowest BCUT2D eigenvalue weighted by Crippen LogP contribution is -2.49. The minimum Gasteiger partial charge on any atom is -0.383 e. The van der Waals surface area contributed by atoms with Gasteiger partial charge in [-0.05, 0) is 24.3 Å². The summed E-state index contributed by atoms with van der Waals surface area (Å²) in [7, 11) is 0. The van der Waals surface area contributed by atoms with Gasteiger partial charge >= 0.3 is 0 Å². The Balaban J connectivity index is 1.67. The first-order chi connectivity index (χ1) is 13.8. The molecule has 3 N–H and O–H groups in total. The second kappa shape index (κ2) is 7.25. The van der Waals surface area contributed by atoms with E-state index in [0.29, 0.717) is 5.82 Å². The Morgan fingerprint density at radius 3 is 2.61 bits per heavy atom. The first-order valence-electron chi connectivity index (χ1n) is 9.70. The van der Waals surface area contributed by atoms with Gasteiger partial charge in [-0.3, -0.25) is 0 Å². The number of anilines is 2. The zero-order valence-electron chi connectivity index (χ0n) is 15.7. The summed E-state index contributed by atoms with van der Waals surface area (Å²) in [5.41, 5.74) is 8.71. The lowest BCUT2D eigenvalue weighted by molar-refractivity contribution is 0.122. The number of nitrogens with zero attached hydrogens (tertiary/aromatic N) is 6. The lowest BCUT2D eigenvalue weighted by atomic mass is 10.2. The summed E-state index contributed by atoms with van der Waals surface area (Å²) >= 11 is 0. The minimum atomic E-state index is 0.475. The fraction of sp³-hybridized carbons (Fsp3) is 0.421. The van der Waals surface area contributed by atoms with Crippen LogP contribution in [0.2, 0.25) is 0 Å². The number of imidazole rings is 1. The summed E-state index contributed by atoms with van der Waals surface area (Å²) in [6.07, 6.45) is 1.70. The van der Waals surface area contributed by atoms with E-state index >= 15 is 0 Å². The number of rotatable bonds is 3. The topological polar surface area (TPSA) is 97.4 Å². The maximum Gasteiger partial charge on any atom is 0.181 e. The van der Waals surface area contributed by atoms with Gasteiger partial charge in [0.25, 0.3) is 0 Å². The number of aromatic nitrogens is 4. The molecule has 0 unspecified atom stereocenters. The summed E-state index contributed by atoms with van der Waals surface area (Å²) < 4.78 is 7.60. The van der Waals surface area contributed by atoms with Gasteiger partial charge < -0.3 is 25.7 Å². The number of piperazine rings is 1. The number of fused-ring (bicyclic) bond motifs is 1. The van der Waals surface area contributed by atoms with E-state index < -0.39 is 0 Å². The zero-order chi connectivity index (χ0) is 18.9. The van der Waals surface area contributed by atoms with E-state index in [2.05, 4.69) is 24.9 Å². The highest BCUT2D eigenvalue weighted by Gasteiger charge is 2.23. The molecular weight excluding hydrogens is 356 g/mol. The Hall–Kier alpha value is -2.91. The normalized spacial score (nSPS) is 18.0. The predicted octanol–water partition coefficient (Wildman–Crippen LogP) is 0.453. The molecule has 0 bridgehead atoms. The van der Waals surface area contributed by atoms with Crippen LogP contribution in [-0.4, -0.2) is 72.1 Å². The number of nitrogen functional groups attached to an aromatic ring is 1. The molecular formula is C19H24N8O. The van der Waals surface area contributed by atoms with Gasteiger partial charge in [0.1, 0.15) is 17.2 Å². The first kappa shape index (κ1) is 17.2. The van der Waals surface area contributed by atoms with Crippen LogP contribution >= 0.6 is 0 Å². The van der Waals surface area contributed by atoms with Gasteiger partial charge in [-0.15, -0.1) is 0 Å². The molecule has 5 rings (SSSR count). The van der Waals surface area contributed by atoms with Gasteiger partial charge in [0.05, 0.1) is 18.8 Å². The molecule has 2 fully saturated rings. The van der Waals surface area contributed by atoms with Gasteiger partial charge in [0, 0.05) is 45.5 Å². The van der Waals surface area contributed by atoms with E-state index in [4.69, 9.17) is 20.4 Å². The number of hydrogen-bond donors (Lipinski definition) is 2. The summed E-state index contributed by atoms with van der Waals surface area (Å²) in [5, 5.41) is 5.68. The maximum atomic E-state index is 6.18. The molecule has 0 aliphatic carbocycles. The molecule has 0 radical (unpaired) electrons. The van der Waals surface area contributed by atoms with Crippen molar-refractivity contribution < 1.29 is 4.74 Å². The van der Waals surface area contributed by atoms with Crippen LogP contribution in [0.1, 0.15) is 0 Å². The smallest absolute Gasteiger partial charge is 0.181 e. The number of nitrogens with one attached hydrogen (secondary N) is 1. The van der Waals surface area contributed by atoms with Crippen molar-refractivity contribution in [2.45, 2.75) is 0 Å². The molecule has 146 valence electrons. The molecule has 28 heavy (non-hydrogen) atoms. The Bertz CT molecular complexity index is 975. The van der Waals surface area contributed by atoms with Crippen LogP contribution in [0.3, 0.4) is 0 Å². The number of nitrogens with two attached hydrogens (primary N) is 1. The molecule has 2 aliphatic rings. The number of pyridine rings is 2. The molecule has 2 aliphatic heterocycles. The molecule has 3 aromatic heterocycles. The van der Waals surface area contributed by atoms with Crippen molar-refractivity contribution in [2.75, 3.05) is 68.1 Å². The Morgan fingerprint density at radius 1 is 1.00 bits per heavy atom. The number of hydrogen-bond acceptors (Lipinski definition) is 8. The molecule has 0 saturated carbocycles. The van der Waals surface area contributed by atoms with Crippen LogP contribution in [0.15, 0.2) is 30.5 Å². The van der Waals surface area contributed by atoms with E-state index in [0.717, 1.165) is 80.9 Å². The Kier molecular flexibility index (Phi) is 4.46. The van der Waals surface area contributed by atoms with E-state index in [-0.39, 0.29) is 0 Å². The first-order valence-corrected chi connectivity index (χ1v) is 9.70. The van der Waals surface area contributed by atoms with Crippen LogP contribution in [0.4, 0.5) is 11.6 Å². The van der Waals surface area contributed by atoms with E-state index in [1.54, 1.807) is 6.20 Å². The third-order valence-corrected chi connectivity index (χ3v) is 5.26. The average Bonchev–Trinajstić information content (AvgIpc) is 3.14. The summed E-state index contributed by atoms with van der Waals surface area (Å²) in [5.74, 6) is 2.22. The van der Waals surface area contributed by atoms with Crippen molar-refractivity contribution in [3.63, 3.8) is 0 Å². The molecule has 0 amide bonds. The highest BCUT2D eigenvalue weighted by atomic mass is 16.5. The van der Waals surface area contributed by atoms with Crippen LogP contribution in [0, 0.1) is 0 Å².